The van der Waals surface area contributed by atoms with E-state index in [-0.39, 0.29) is 0 Å². The monoisotopic (exact) mass is 200 g/mol. The Hall–Kier alpha value is -0.160. The Balaban J connectivity index is 1.76. The van der Waals surface area contributed by atoms with Gasteiger partial charge < -0.3 is 14.8 Å². The molecule has 0 saturated carbocycles. The first-order chi connectivity index (χ1) is 6.86. The third kappa shape index (κ3) is 2.67. The molecule has 0 aromatic rings. The molecular weight excluding hydrogens is 180 g/mol. The lowest BCUT2D eigenvalue weighted by Gasteiger charge is -2.37. The van der Waals surface area contributed by atoms with E-state index in [0.29, 0.717) is 18.9 Å². The van der Waals surface area contributed by atoms with Gasteiger partial charge in [0, 0.05) is 32.2 Å². The van der Waals surface area contributed by atoms with Crippen molar-refractivity contribution >= 4 is 0 Å². The molecule has 1 unspecified atom stereocenters. The van der Waals surface area contributed by atoms with E-state index in [0.717, 1.165) is 39.2 Å². The molecule has 0 aromatic heterocycles. The molecule has 14 heavy (non-hydrogen) atoms. The van der Waals surface area contributed by atoms with E-state index in [2.05, 4.69) is 17.1 Å². The van der Waals surface area contributed by atoms with Gasteiger partial charge in [0.1, 0.15) is 6.79 Å². The van der Waals surface area contributed by atoms with Gasteiger partial charge in [0.15, 0.2) is 0 Å². The van der Waals surface area contributed by atoms with Gasteiger partial charge >= 0.3 is 0 Å². The summed E-state index contributed by atoms with van der Waals surface area (Å²) in [6.07, 6.45) is 1.42. The zero-order chi connectivity index (χ0) is 9.80. The Morgan fingerprint density at radius 2 is 2.43 bits per heavy atom. The number of rotatable bonds is 2. The molecule has 2 fully saturated rings. The molecule has 2 rings (SSSR count). The van der Waals surface area contributed by atoms with Crippen molar-refractivity contribution < 1.29 is 9.47 Å². The van der Waals surface area contributed by atoms with Crippen LogP contribution in [0.5, 0.6) is 0 Å². The van der Waals surface area contributed by atoms with Gasteiger partial charge in [0.05, 0.1) is 12.7 Å². The van der Waals surface area contributed by atoms with Crippen molar-refractivity contribution in [3.05, 3.63) is 0 Å². The van der Waals surface area contributed by atoms with Crippen LogP contribution >= 0.6 is 0 Å². The van der Waals surface area contributed by atoms with E-state index >= 15 is 0 Å². The lowest BCUT2D eigenvalue weighted by atomic mass is 10.1. The van der Waals surface area contributed by atoms with Crippen LogP contribution in [0.15, 0.2) is 0 Å². The van der Waals surface area contributed by atoms with Crippen LogP contribution in [-0.2, 0) is 9.47 Å². The number of nitrogens with one attached hydrogen (secondary N) is 1. The fourth-order valence-electron chi connectivity index (χ4n) is 2.06. The summed E-state index contributed by atoms with van der Waals surface area (Å²) in [4.78, 5) is 2.51. The molecule has 0 spiro atoms. The fraction of sp³-hybridized carbons (Fsp3) is 1.00. The summed E-state index contributed by atoms with van der Waals surface area (Å²) in [6.45, 7) is 8.01. The van der Waals surface area contributed by atoms with Crippen molar-refractivity contribution in [3.63, 3.8) is 0 Å². The van der Waals surface area contributed by atoms with Crippen molar-refractivity contribution in [3.8, 4) is 0 Å². The highest BCUT2D eigenvalue weighted by Crippen LogP contribution is 2.11. The molecule has 0 bridgehead atoms. The highest BCUT2D eigenvalue weighted by Gasteiger charge is 2.23. The van der Waals surface area contributed by atoms with Crippen LogP contribution in [0.2, 0.25) is 0 Å². The van der Waals surface area contributed by atoms with E-state index in [1.165, 1.54) is 0 Å². The largest absolute Gasteiger partial charge is 0.355 e. The van der Waals surface area contributed by atoms with E-state index < -0.39 is 0 Å². The first-order valence-corrected chi connectivity index (χ1v) is 5.50. The second-order valence-electron chi connectivity index (χ2n) is 4.15. The maximum absolute atomic E-state index is 5.54. The smallest absolute Gasteiger partial charge is 0.147 e. The summed E-state index contributed by atoms with van der Waals surface area (Å²) in [6, 6.07) is 0.634. The Kier molecular flexibility index (Phi) is 3.75. The zero-order valence-corrected chi connectivity index (χ0v) is 8.87. The lowest BCUT2D eigenvalue weighted by molar-refractivity contribution is -0.146. The summed E-state index contributed by atoms with van der Waals surface area (Å²) in [5, 5.41) is 3.39. The second-order valence-corrected chi connectivity index (χ2v) is 4.15. The number of hydrogen-bond acceptors (Lipinski definition) is 4. The molecule has 0 aliphatic carbocycles. The first kappa shape index (κ1) is 10.4. The Morgan fingerprint density at radius 3 is 3.14 bits per heavy atom. The summed E-state index contributed by atoms with van der Waals surface area (Å²) >= 11 is 0. The average molecular weight is 200 g/mol. The van der Waals surface area contributed by atoms with Gasteiger partial charge in [-0.1, -0.05) is 0 Å². The molecule has 2 saturated heterocycles. The van der Waals surface area contributed by atoms with Crippen LogP contribution in [0.4, 0.5) is 0 Å². The molecule has 0 aromatic carbocycles. The standard InChI is InChI=1S/C10H20N2O2/c1-9-6-11-3-4-12(9)7-10-2-5-13-8-14-10/h9-11H,2-8H2,1H3/t9-,10?/m0/s1. The summed E-state index contributed by atoms with van der Waals surface area (Å²) < 4.78 is 10.7. The average Bonchev–Trinajstić information content (AvgIpc) is 2.23. The van der Waals surface area contributed by atoms with Crippen LogP contribution in [-0.4, -0.2) is 56.6 Å². The third-order valence-electron chi connectivity index (χ3n) is 3.05. The van der Waals surface area contributed by atoms with E-state index in [9.17, 15) is 0 Å². The summed E-state index contributed by atoms with van der Waals surface area (Å²) in [5.74, 6) is 0. The van der Waals surface area contributed by atoms with Crippen LogP contribution in [0.25, 0.3) is 0 Å². The molecule has 4 heteroatoms. The van der Waals surface area contributed by atoms with Crippen molar-refractivity contribution in [2.45, 2.75) is 25.5 Å². The summed E-state index contributed by atoms with van der Waals surface area (Å²) in [5.41, 5.74) is 0. The number of piperazine rings is 1. The number of nitrogens with zero attached hydrogens (tertiary/aromatic N) is 1. The second kappa shape index (κ2) is 5.07. The summed E-state index contributed by atoms with van der Waals surface area (Å²) in [7, 11) is 0. The van der Waals surface area contributed by atoms with Gasteiger partial charge in [-0.3, -0.25) is 4.90 Å². The molecule has 1 N–H and O–H groups in total. The van der Waals surface area contributed by atoms with Gasteiger partial charge in [0.25, 0.3) is 0 Å². The highest BCUT2D eigenvalue weighted by atomic mass is 16.7. The minimum absolute atomic E-state index is 0.379. The maximum Gasteiger partial charge on any atom is 0.147 e. The van der Waals surface area contributed by atoms with E-state index in [1.54, 1.807) is 0 Å². The molecular formula is C10H20N2O2. The van der Waals surface area contributed by atoms with Gasteiger partial charge in [-0.25, -0.2) is 0 Å². The van der Waals surface area contributed by atoms with Gasteiger partial charge in [-0.05, 0) is 13.3 Å². The minimum atomic E-state index is 0.379. The van der Waals surface area contributed by atoms with Crippen LogP contribution in [0, 0.1) is 0 Å². The van der Waals surface area contributed by atoms with Crippen LogP contribution in [0.1, 0.15) is 13.3 Å². The molecule has 2 aliphatic rings. The van der Waals surface area contributed by atoms with Crippen molar-refractivity contribution in [1.82, 2.24) is 10.2 Å². The Bertz CT molecular complexity index is 172. The lowest BCUT2D eigenvalue weighted by Crippen LogP contribution is -2.52. The molecule has 82 valence electrons. The van der Waals surface area contributed by atoms with E-state index in [1.807, 2.05) is 0 Å². The first-order valence-electron chi connectivity index (χ1n) is 5.50. The van der Waals surface area contributed by atoms with Crippen molar-refractivity contribution in [1.29, 1.82) is 0 Å². The SMILES string of the molecule is C[C@H]1CNCCN1CC1CCOCO1. The molecule has 2 heterocycles. The molecule has 4 nitrogen and oxygen atoms in total. The molecule has 0 amide bonds. The van der Waals surface area contributed by atoms with Gasteiger partial charge in [-0.2, -0.15) is 0 Å². The normalized spacial score (nSPS) is 35.8. The number of ether oxygens (including phenoxy) is 2. The van der Waals surface area contributed by atoms with Gasteiger partial charge in [-0.15, -0.1) is 0 Å². The molecule has 2 aliphatic heterocycles. The number of hydrogen-bond donors (Lipinski definition) is 1. The topological polar surface area (TPSA) is 33.7 Å². The van der Waals surface area contributed by atoms with Crippen molar-refractivity contribution in [2.24, 2.45) is 0 Å². The van der Waals surface area contributed by atoms with Crippen LogP contribution < -0.4 is 5.32 Å². The Morgan fingerprint density at radius 1 is 1.50 bits per heavy atom. The maximum atomic E-state index is 5.54. The van der Waals surface area contributed by atoms with Gasteiger partial charge in [0.2, 0.25) is 0 Å². The predicted octanol–water partition coefficient (Wildman–Crippen LogP) is 0.0431. The fourth-order valence-corrected chi connectivity index (χ4v) is 2.06. The van der Waals surface area contributed by atoms with E-state index in [4.69, 9.17) is 9.47 Å². The Labute approximate surface area is 85.5 Å². The minimum Gasteiger partial charge on any atom is -0.355 e. The highest BCUT2D eigenvalue weighted by molar-refractivity contribution is 4.78. The molecule has 2 atom stereocenters. The third-order valence-corrected chi connectivity index (χ3v) is 3.05. The van der Waals surface area contributed by atoms with Crippen LogP contribution in [0.3, 0.4) is 0 Å². The molecule has 0 radical (unpaired) electrons. The predicted molar refractivity (Wildman–Crippen MR) is 54.2 cm³/mol. The quantitative estimate of drug-likeness (QED) is 0.682. The zero-order valence-electron chi connectivity index (χ0n) is 8.87. The van der Waals surface area contributed by atoms with Crippen molar-refractivity contribution in [2.75, 3.05) is 39.6 Å².